The fourth-order valence-electron chi connectivity index (χ4n) is 1.72. The van der Waals surface area contributed by atoms with Crippen LogP contribution < -0.4 is 10.6 Å². The van der Waals surface area contributed by atoms with Gasteiger partial charge in [-0.2, -0.15) is 0 Å². The number of hydrogen-bond acceptors (Lipinski definition) is 3. The van der Waals surface area contributed by atoms with Crippen LogP contribution in [-0.2, 0) is 11.3 Å². The summed E-state index contributed by atoms with van der Waals surface area (Å²) in [5, 5.41) is 5.48. The summed E-state index contributed by atoms with van der Waals surface area (Å²) in [7, 11) is 0. The van der Waals surface area contributed by atoms with Gasteiger partial charge in [-0.15, -0.1) is 0 Å². The monoisotopic (exact) mass is 347 g/mol. The maximum atomic E-state index is 11.9. The van der Waals surface area contributed by atoms with Crippen LogP contribution in [0.4, 0.5) is 5.69 Å². The Kier molecular flexibility index (Phi) is 5.05. The fraction of sp³-hybridized carbons (Fsp3) is 0.133. The Morgan fingerprint density at radius 3 is 2.48 bits per heavy atom. The van der Waals surface area contributed by atoms with Crippen molar-refractivity contribution in [2.24, 2.45) is 0 Å². The van der Waals surface area contributed by atoms with E-state index in [2.05, 4.69) is 31.5 Å². The summed E-state index contributed by atoms with van der Waals surface area (Å²) in [6.45, 7) is 1.85. The number of amides is 2. The molecule has 1 aromatic carbocycles. The number of carbonyl (C=O) groups is 2. The van der Waals surface area contributed by atoms with E-state index in [9.17, 15) is 9.59 Å². The van der Waals surface area contributed by atoms with Crippen LogP contribution in [0, 0.1) is 0 Å². The summed E-state index contributed by atoms with van der Waals surface area (Å²) < 4.78 is 0.620. The maximum Gasteiger partial charge on any atom is 0.270 e. The second kappa shape index (κ2) is 6.99. The van der Waals surface area contributed by atoms with E-state index < -0.39 is 0 Å². The second-order valence-corrected chi connectivity index (χ2v) is 5.22. The second-order valence-electron chi connectivity index (χ2n) is 4.41. The number of rotatable bonds is 4. The molecule has 21 heavy (non-hydrogen) atoms. The Hall–Kier alpha value is -2.21. The molecule has 2 aromatic rings. The minimum atomic E-state index is -0.234. The van der Waals surface area contributed by atoms with E-state index in [4.69, 9.17) is 0 Å². The van der Waals surface area contributed by atoms with Crippen molar-refractivity contribution in [3.63, 3.8) is 0 Å². The maximum absolute atomic E-state index is 11.9. The van der Waals surface area contributed by atoms with Crippen molar-refractivity contribution in [1.29, 1.82) is 0 Å². The van der Waals surface area contributed by atoms with Crippen LogP contribution in [0.15, 0.2) is 47.1 Å². The lowest BCUT2D eigenvalue weighted by atomic mass is 10.2. The molecule has 0 aliphatic heterocycles. The zero-order valence-corrected chi connectivity index (χ0v) is 13.0. The standard InChI is InChI=1S/C15H14BrN3O2/c1-10(20)18-12-7-5-11(6-8-12)9-17-15(21)13-3-2-4-14(16)19-13/h2-8H,9H2,1H3,(H,17,21)(H,18,20). The molecular weight excluding hydrogens is 334 g/mol. The molecule has 0 fully saturated rings. The molecule has 0 unspecified atom stereocenters. The summed E-state index contributed by atoms with van der Waals surface area (Å²) in [5.74, 6) is -0.348. The molecule has 1 heterocycles. The molecular formula is C15H14BrN3O2. The Bertz CT molecular complexity index is 656. The van der Waals surface area contributed by atoms with Crippen LogP contribution in [-0.4, -0.2) is 16.8 Å². The lowest BCUT2D eigenvalue weighted by Crippen LogP contribution is -2.23. The van der Waals surface area contributed by atoms with Gasteiger partial charge >= 0.3 is 0 Å². The topological polar surface area (TPSA) is 71.1 Å². The molecule has 0 saturated carbocycles. The van der Waals surface area contributed by atoms with E-state index in [1.807, 2.05) is 12.1 Å². The van der Waals surface area contributed by atoms with Crippen LogP contribution in [0.2, 0.25) is 0 Å². The number of carbonyl (C=O) groups excluding carboxylic acids is 2. The van der Waals surface area contributed by atoms with Crippen molar-refractivity contribution >= 4 is 33.4 Å². The van der Waals surface area contributed by atoms with E-state index in [1.165, 1.54) is 6.92 Å². The van der Waals surface area contributed by atoms with Gasteiger partial charge in [0.25, 0.3) is 5.91 Å². The van der Waals surface area contributed by atoms with Crippen molar-refractivity contribution in [1.82, 2.24) is 10.3 Å². The van der Waals surface area contributed by atoms with E-state index in [1.54, 1.807) is 30.3 Å². The average molecular weight is 348 g/mol. The first kappa shape index (κ1) is 15.2. The normalized spacial score (nSPS) is 10.0. The van der Waals surface area contributed by atoms with Crippen molar-refractivity contribution in [2.75, 3.05) is 5.32 Å². The molecule has 5 nitrogen and oxygen atoms in total. The predicted molar refractivity (Wildman–Crippen MR) is 83.9 cm³/mol. The molecule has 0 bridgehead atoms. The summed E-state index contributed by atoms with van der Waals surface area (Å²) >= 11 is 3.23. The van der Waals surface area contributed by atoms with Gasteiger partial charge in [-0.1, -0.05) is 18.2 Å². The molecule has 6 heteroatoms. The number of nitrogens with one attached hydrogen (secondary N) is 2. The highest BCUT2D eigenvalue weighted by atomic mass is 79.9. The van der Waals surface area contributed by atoms with Gasteiger partial charge in [-0.05, 0) is 45.8 Å². The SMILES string of the molecule is CC(=O)Nc1ccc(CNC(=O)c2cccc(Br)n2)cc1. The lowest BCUT2D eigenvalue weighted by molar-refractivity contribution is -0.114. The van der Waals surface area contributed by atoms with Gasteiger partial charge < -0.3 is 10.6 Å². The molecule has 0 atom stereocenters. The lowest BCUT2D eigenvalue weighted by Gasteiger charge is -2.07. The van der Waals surface area contributed by atoms with Crippen molar-refractivity contribution in [3.05, 3.63) is 58.3 Å². The molecule has 2 rings (SSSR count). The largest absolute Gasteiger partial charge is 0.347 e. The first-order valence-corrected chi connectivity index (χ1v) is 7.11. The van der Waals surface area contributed by atoms with Crippen LogP contribution in [0.1, 0.15) is 23.0 Å². The van der Waals surface area contributed by atoms with Gasteiger partial charge in [0.05, 0.1) is 0 Å². The highest BCUT2D eigenvalue weighted by Crippen LogP contribution is 2.10. The zero-order valence-electron chi connectivity index (χ0n) is 11.4. The molecule has 1 aromatic heterocycles. The quantitative estimate of drug-likeness (QED) is 0.835. The summed E-state index contributed by atoms with van der Waals surface area (Å²) in [6, 6.07) is 12.5. The summed E-state index contributed by atoms with van der Waals surface area (Å²) in [4.78, 5) is 26.9. The number of nitrogens with zero attached hydrogens (tertiary/aromatic N) is 1. The van der Waals surface area contributed by atoms with Crippen LogP contribution in [0.3, 0.4) is 0 Å². The van der Waals surface area contributed by atoms with Crippen LogP contribution in [0.25, 0.3) is 0 Å². The third kappa shape index (κ3) is 4.68. The first-order chi connectivity index (χ1) is 10.0. The number of pyridine rings is 1. The molecule has 0 radical (unpaired) electrons. The molecule has 0 saturated heterocycles. The van der Waals surface area contributed by atoms with Crippen molar-refractivity contribution < 1.29 is 9.59 Å². The highest BCUT2D eigenvalue weighted by molar-refractivity contribution is 9.10. The fourth-order valence-corrected chi connectivity index (χ4v) is 2.06. The van der Waals surface area contributed by atoms with Crippen LogP contribution in [0.5, 0.6) is 0 Å². The smallest absolute Gasteiger partial charge is 0.270 e. The van der Waals surface area contributed by atoms with E-state index in [0.717, 1.165) is 11.3 Å². The highest BCUT2D eigenvalue weighted by Gasteiger charge is 2.07. The Balaban J connectivity index is 1.93. The third-order valence-electron chi connectivity index (χ3n) is 2.68. The number of aromatic nitrogens is 1. The molecule has 108 valence electrons. The molecule has 0 aliphatic carbocycles. The zero-order chi connectivity index (χ0) is 15.2. The molecule has 2 amide bonds. The summed E-state index contributed by atoms with van der Waals surface area (Å²) in [6.07, 6.45) is 0. The predicted octanol–water partition coefficient (Wildman–Crippen LogP) is 2.73. The Labute approximate surface area is 130 Å². The van der Waals surface area contributed by atoms with Gasteiger partial charge in [0.1, 0.15) is 10.3 Å². The average Bonchev–Trinajstić information content (AvgIpc) is 2.45. The first-order valence-electron chi connectivity index (χ1n) is 6.32. The number of halogens is 1. The Morgan fingerprint density at radius 2 is 1.86 bits per heavy atom. The summed E-state index contributed by atoms with van der Waals surface area (Å²) in [5.41, 5.74) is 2.03. The molecule has 0 spiro atoms. The van der Waals surface area contributed by atoms with Gasteiger partial charge in [-0.3, -0.25) is 9.59 Å². The van der Waals surface area contributed by atoms with E-state index in [0.29, 0.717) is 16.8 Å². The molecule has 2 N–H and O–H groups in total. The number of anilines is 1. The van der Waals surface area contributed by atoms with Crippen molar-refractivity contribution in [3.8, 4) is 0 Å². The van der Waals surface area contributed by atoms with E-state index in [-0.39, 0.29) is 11.8 Å². The van der Waals surface area contributed by atoms with Crippen LogP contribution >= 0.6 is 15.9 Å². The van der Waals surface area contributed by atoms with Gasteiger partial charge in [0, 0.05) is 19.2 Å². The third-order valence-corrected chi connectivity index (χ3v) is 3.12. The molecule has 0 aliphatic rings. The number of hydrogen-bond donors (Lipinski definition) is 2. The minimum absolute atomic E-state index is 0.114. The van der Waals surface area contributed by atoms with Gasteiger partial charge in [-0.25, -0.2) is 4.98 Å². The number of benzene rings is 1. The van der Waals surface area contributed by atoms with Gasteiger partial charge in [0.15, 0.2) is 0 Å². The Morgan fingerprint density at radius 1 is 1.14 bits per heavy atom. The van der Waals surface area contributed by atoms with E-state index >= 15 is 0 Å². The van der Waals surface area contributed by atoms with Gasteiger partial charge in [0.2, 0.25) is 5.91 Å². The minimum Gasteiger partial charge on any atom is -0.347 e. The van der Waals surface area contributed by atoms with Crippen molar-refractivity contribution in [2.45, 2.75) is 13.5 Å².